The minimum atomic E-state index is -3.01. The van der Waals surface area contributed by atoms with Crippen LogP contribution in [0.2, 0.25) is 0 Å². The molecular weight excluding hydrogens is 246 g/mol. The maximum Gasteiger partial charge on any atom is 0.407 e. The number of hydrogen-bond donors (Lipinski definition) is 1. The van der Waals surface area contributed by atoms with Crippen LogP contribution in [-0.4, -0.2) is 42.5 Å². The van der Waals surface area contributed by atoms with Crippen LogP contribution < -0.4 is 5.32 Å². The van der Waals surface area contributed by atoms with Crippen molar-refractivity contribution in [2.24, 2.45) is 5.92 Å². The molecule has 0 aliphatic carbocycles. The number of carbonyl (C=O) groups excluding carboxylic acids is 2. The molecule has 0 fully saturated rings. The molecule has 1 rings (SSSR count). The first-order valence-electron chi connectivity index (χ1n) is 5.49. The van der Waals surface area contributed by atoms with Gasteiger partial charge in [-0.1, -0.05) is 13.8 Å². The molecule has 0 aromatic carbocycles. The lowest BCUT2D eigenvalue weighted by molar-refractivity contribution is -0.133. The molecule has 0 bridgehead atoms. The molecule has 0 saturated heterocycles. The summed E-state index contributed by atoms with van der Waals surface area (Å²) in [6, 6.07) is -0.893. The van der Waals surface area contributed by atoms with E-state index in [0.717, 1.165) is 11.1 Å². The largest absolute Gasteiger partial charge is 0.453 e. The van der Waals surface area contributed by atoms with Crippen molar-refractivity contribution in [3.05, 3.63) is 12.3 Å². The van der Waals surface area contributed by atoms with Gasteiger partial charge in [-0.05, 0) is 5.92 Å². The molecule has 2 amide bonds. The Morgan fingerprint density at radius 1 is 1.44 bits per heavy atom. The Morgan fingerprint density at radius 3 is 2.44 bits per heavy atom. The van der Waals surface area contributed by atoms with Crippen molar-refractivity contribution in [1.82, 2.24) is 10.2 Å². The van der Waals surface area contributed by atoms with Crippen LogP contribution in [0.5, 0.6) is 0 Å². The number of methoxy groups -OCH3 is 1. The Bertz CT molecular complexity index is 369. The van der Waals surface area contributed by atoms with E-state index in [9.17, 15) is 18.4 Å². The monoisotopic (exact) mass is 262 g/mol. The van der Waals surface area contributed by atoms with Crippen LogP contribution in [0.15, 0.2) is 12.3 Å². The fraction of sp³-hybridized carbons (Fsp3) is 0.636. The van der Waals surface area contributed by atoms with Crippen molar-refractivity contribution in [3.63, 3.8) is 0 Å². The Balaban J connectivity index is 2.73. The van der Waals surface area contributed by atoms with Gasteiger partial charge in [0.15, 0.2) is 0 Å². The van der Waals surface area contributed by atoms with E-state index in [1.807, 2.05) is 0 Å². The smallest absolute Gasteiger partial charge is 0.407 e. The van der Waals surface area contributed by atoms with Crippen molar-refractivity contribution in [2.75, 3.05) is 13.7 Å². The van der Waals surface area contributed by atoms with E-state index in [1.54, 1.807) is 13.8 Å². The van der Waals surface area contributed by atoms with Crippen LogP contribution in [0.4, 0.5) is 13.6 Å². The summed E-state index contributed by atoms with van der Waals surface area (Å²) in [5.74, 6) is -3.83. The Morgan fingerprint density at radius 2 is 2.06 bits per heavy atom. The lowest BCUT2D eigenvalue weighted by Gasteiger charge is -2.25. The molecule has 1 N–H and O–H groups in total. The molecule has 1 aliphatic rings. The van der Waals surface area contributed by atoms with Gasteiger partial charge in [0.05, 0.1) is 13.7 Å². The number of alkyl halides is 2. The number of halogens is 2. The third-order valence-corrected chi connectivity index (χ3v) is 2.55. The lowest BCUT2D eigenvalue weighted by atomic mass is 10.0. The summed E-state index contributed by atoms with van der Waals surface area (Å²) in [5.41, 5.74) is 0. The summed E-state index contributed by atoms with van der Waals surface area (Å²) in [7, 11) is 1.17. The van der Waals surface area contributed by atoms with Gasteiger partial charge >= 0.3 is 6.09 Å². The molecule has 1 atom stereocenters. The highest BCUT2D eigenvalue weighted by atomic mass is 19.3. The Kier molecular flexibility index (Phi) is 4.26. The zero-order valence-corrected chi connectivity index (χ0v) is 10.4. The Hall–Kier alpha value is -1.66. The molecule has 0 spiro atoms. The minimum absolute atomic E-state index is 0.237. The maximum absolute atomic E-state index is 13.0. The predicted molar refractivity (Wildman–Crippen MR) is 60.0 cm³/mol. The number of rotatable bonds is 3. The predicted octanol–water partition coefficient (Wildman–Crippen LogP) is 1.36. The highest BCUT2D eigenvalue weighted by molar-refractivity contribution is 5.87. The molecule has 1 unspecified atom stereocenters. The minimum Gasteiger partial charge on any atom is -0.453 e. The van der Waals surface area contributed by atoms with Crippen LogP contribution >= 0.6 is 0 Å². The van der Waals surface area contributed by atoms with Gasteiger partial charge in [-0.25, -0.2) is 4.79 Å². The summed E-state index contributed by atoms with van der Waals surface area (Å²) in [6.07, 6.45) is 0.939. The van der Waals surface area contributed by atoms with E-state index >= 15 is 0 Å². The van der Waals surface area contributed by atoms with Crippen molar-refractivity contribution < 1.29 is 23.1 Å². The molecule has 18 heavy (non-hydrogen) atoms. The van der Waals surface area contributed by atoms with E-state index in [4.69, 9.17) is 0 Å². The Labute approximate surface area is 104 Å². The molecule has 7 heteroatoms. The molecule has 0 radical (unpaired) electrons. The van der Waals surface area contributed by atoms with E-state index in [1.165, 1.54) is 7.11 Å². The molecule has 1 heterocycles. The fourth-order valence-electron chi connectivity index (χ4n) is 1.56. The number of amides is 2. The quantitative estimate of drug-likeness (QED) is 0.835. The molecule has 0 aromatic rings. The zero-order chi connectivity index (χ0) is 13.9. The van der Waals surface area contributed by atoms with Gasteiger partial charge in [-0.2, -0.15) is 8.78 Å². The first-order chi connectivity index (χ1) is 8.26. The number of hydrogen-bond acceptors (Lipinski definition) is 3. The normalized spacial score (nSPS) is 18.9. The van der Waals surface area contributed by atoms with Gasteiger partial charge in [0, 0.05) is 12.3 Å². The lowest BCUT2D eigenvalue weighted by Crippen LogP contribution is -2.50. The van der Waals surface area contributed by atoms with Crippen molar-refractivity contribution in [2.45, 2.75) is 25.8 Å². The van der Waals surface area contributed by atoms with Crippen LogP contribution in [-0.2, 0) is 9.53 Å². The van der Waals surface area contributed by atoms with Crippen LogP contribution in [0.3, 0.4) is 0 Å². The average molecular weight is 262 g/mol. The summed E-state index contributed by atoms with van der Waals surface area (Å²) < 4.78 is 30.3. The number of alkyl carbamates (subject to hydrolysis) is 1. The van der Waals surface area contributed by atoms with Crippen molar-refractivity contribution in [3.8, 4) is 0 Å². The fourth-order valence-corrected chi connectivity index (χ4v) is 1.56. The zero-order valence-electron chi connectivity index (χ0n) is 10.4. The topological polar surface area (TPSA) is 58.6 Å². The van der Waals surface area contributed by atoms with Crippen LogP contribution in [0.25, 0.3) is 0 Å². The molecule has 0 aromatic heterocycles. The van der Waals surface area contributed by atoms with E-state index in [-0.39, 0.29) is 5.92 Å². The summed E-state index contributed by atoms with van der Waals surface area (Å²) in [4.78, 5) is 24.0. The second kappa shape index (κ2) is 5.32. The number of carbonyl (C=O) groups is 2. The van der Waals surface area contributed by atoms with E-state index in [0.29, 0.717) is 6.08 Å². The number of ether oxygens (including phenoxy) is 1. The molecule has 0 saturated carbocycles. The van der Waals surface area contributed by atoms with Gasteiger partial charge in [0.25, 0.3) is 5.92 Å². The average Bonchev–Trinajstić information content (AvgIpc) is 2.64. The molecule has 102 valence electrons. The summed E-state index contributed by atoms with van der Waals surface area (Å²) >= 11 is 0. The third-order valence-electron chi connectivity index (χ3n) is 2.55. The van der Waals surface area contributed by atoms with E-state index in [2.05, 4.69) is 10.1 Å². The maximum atomic E-state index is 13.0. The van der Waals surface area contributed by atoms with Crippen LogP contribution in [0.1, 0.15) is 13.8 Å². The van der Waals surface area contributed by atoms with Gasteiger partial charge in [0.1, 0.15) is 6.04 Å². The highest BCUT2D eigenvalue weighted by Gasteiger charge is 2.38. The standard InChI is InChI=1S/C11H16F2N2O3/c1-7(2)8(14-10(17)18-3)9(16)15-5-4-11(12,13)6-15/h4-5,7-8H,6H2,1-3H3,(H,14,17). The first-order valence-corrected chi connectivity index (χ1v) is 5.49. The number of nitrogens with zero attached hydrogens (tertiary/aromatic N) is 1. The molecular formula is C11H16F2N2O3. The molecule has 1 aliphatic heterocycles. The van der Waals surface area contributed by atoms with Gasteiger partial charge < -0.3 is 15.0 Å². The van der Waals surface area contributed by atoms with Crippen molar-refractivity contribution >= 4 is 12.0 Å². The summed E-state index contributed by atoms with van der Waals surface area (Å²) in [5, 5.41) is 2.34. The van der Waals surface area contributed by atoms with Gasteiger partial charge in [-0.15, -0.1) is 0 Å². The van der Waals surface area contributed by atoms with Crippen molar-refractivity contribution in [1.29, 1.82) is 0 Å². The summed E-state index contributed by atoms with van der Waals surface area (Å²) in [6.45, 7) is 2.71. The number of nitrogens with one attached hydrogen (secondary N) is 1. The second-order valence-corrected chi connectivity index (χ2v) is 4.40. The SMILES string of the molecule is COC(=O)NC(C(=O)N1C=CC(F)(F)C1)C(C)C. The van der Waals surface area contributed by atoms with Crippen LogP contribution in [0, 0.1) is 5.92 Å². The van der Waals surface area contributed by atoms with E-state index < -0.39 is 30.5 Å². The third kappa shape index (κ3) is 3.41. The second-order valence-electron chi connectivity index (χ2n) is 4.40. The van der Waals surface area contributed by atoms with Gasteiger partial charge in [-0.3, -0.25) is 4.79 Å². The van der Waals surface area contributed by atoms with Gasteiger partial charge in [0.2, 0.25) is 5.91 Å². The highest BCUT2D eigenvalue weighted by Crippen LogP contribution is 2.24. The molecule has 5 nitrogen and oxygen atoms in total. The first kappa shape index (κ1) is 14.4.